The number of hydrogen-bond donors (Lipinski definition) is 3. The van der Waals surface area contributed by atoms with Crippen LogP contribution in [-0.4, -0.2) is 67.8 Å². The Labute approximate surface area is 332 Å². The molecular formula is C47H96N3O3+. The maximum absolute atomic E-state index is 12.4. The molecule has 53 heavy (non-hydrogen) atoms. The van der Waals surface area contributed by atoms with Crippen molar-refractivity contribution >= 4 is 11.8 Å². The van der Waals surface area contributed by atoms with Crippen molar-refractivity contribution in [3.05, 3.63) is 0 Å². The smallest absolute Gasteiger partial charge is 0.219 e. The predicted octanol–water partition coefficient (Wildman–Crippen LogP) is 12.5. The van der Waals surface area contributed by atoms with Crippen LogP contribution in [0.15, 0.2) is 0 Å². The van der Waals surface area contributed by atoms with Gasteiger partial charge in [0.2, 0.25) is 11.8 Å². The number of amides is 2. The van der Waals surface area contributed by atoms with Gasteiger partial charge in [-0.15, -0.1) is 0 Å². The van der Waals surface area contributed by atoms with Crippen LogP contribution in [0.25, 0.3) is 0 Å². The van der Waals surface area contributed by atoms with Crippen molar-refractivity contribution in [2.24, 2.45) is 11.8 Å². The third kappa shape index (κ3) is 40.3. The molecule has 0 aromatic rings. The van der Waals surface area contributed by atoms with E-state index < -0.39 is 0 Å². The van der Waals surface area contributed by atoms with Crippen LogP contribution in [0.2, 0.25) is 0 Å². The zero-order valence-electron chi connectivity index (χ0n) is 36.7. The number of rotatable bonds is 42. The lowest BCUT2D eigenvalue weighted by molar-refractivity contribution is -0.910. The Hall–Kier alpha value is -1.14. The van der Waals surface area contributed by atoms with Gasteiger partial charge in [0.05, 0.1) is 26.7 Å². The van der Waals surface area contributed by atoms with Crippen LogP contribution < -0.4 is 10.6 Å². The predicted molar refractivity (Wildman–Crippen MR) is 231 cm³/mol. The summed E-state index contributed by atoms with van der Waals surface area (Å²) in [5.74, 6) is 2.10. The largest absolute Gasteiger partial charge is 0.396 e. The second-order valence-electron chi connectivity index (χ2n) is 18.0. The molecule has 0 saturated heterocycles. The summed E-state index contributed by atoms with van der Waals surface area (Å²) < 4.78 is 0.933. The minimum absolute atomic E-state index is 0.198. The van der Waals surface area contributed by atoms with Gasteiger partial charge < -0.3 is 20.2 Å². The quantitative estimate of drug-likeness (QED) is 0.0429. The second-order valence-corrected chi connectivity index (χ2v) is 18.0. The van der Waals surface area contributed by atoms with Crippen LogP contribution in [-0.2, 0) is 9.59 Å². The van der Waals surface area contributed by atoms with Crippen molar-refractivity contribution in [2.45, 2.75) is 233 Å². The molecule has 0 rings (SSSR count). The molecule has 3 N–H and O–H groups in total. The summed E-state index contributed by atoms with van der Waals surface area (Å²) in [6.07, 6.45) is 39.6. The molecule has 0 atom stereocenters. The zero-order chi connectivity index (χ0) is 39.1. The van der Waals surface area contributed by atoms with E-state index in [0.717, 1.165) is 87.6 Å². The minimum Gasteiger partial charge on any atom is -0.396 e. The molecule has 0 saturated carbocycles. The van der Waals surface area contributed by atoms with E-state index in [4.69, 9.17) is 0 Å². The van der Waals surface area contributed by atoms with E-state index in [0.29, 0.717) is 12.8 Å². The summed E-state index contributed by atoms with van der Waals surface area (Å²) in [7, 11) is 2.30. The van der Waals surface area contributed by atoms with Crippen molar-refractivity contribution < 1.29 is 19.2 Å². The first-order valence-electron chi connectivity index (χ1n) is 23.7. The molecule has 6 heteroatoms. The van der Waals surface area contributed by atoms with E-state index in [-0.39, 0.29) is 18.4 Å². The van der Waals surface area contributed by atoms with Crippen LogP contribution in [0, 0.1) is 11.8 Å². The first-order valence-corrected chi connectivity index (χ1v) is 23.7. The fourth-order valence-electron chi connectivity index (χ4n) is 7.71. The van der Waals surface area contributed by atoms with Crippen molar-refractivity contribution in [3.63, 3.8) is 0 Å². The molecule has 0 radical (unpaired) electrons. The van der Waals surface area contributed by atoms with Gasteiger partial charge in [0.25, 0.3) is 0 Å². The molecule has 0 aliphatic rings. The summed E-state index contributed by atoms with van der Waals surface area (Å²) in [6.45, 7) is 14.1. The fourth-order valence-corrected chi connectivity index (χ4v) is 7.71. The topological polar surface area (TPSA) is 78.4 Å². The number of quaternary nitrogens is 1. The number of nitrogens with one attached hydrogen (secondary N) is 2. The zero-order valence-corrected chi connectivity index (χ0v) is 36.7. The van der Waals surface area contributed by atoms with Gasteiger partial charge in [-0.1, -0.05) is 182 Å². The standard InChI is InChI=1S/C47H95N3O3/c1-44(2)34-26-22-18-14-10-6-8-12-16-20-24-28-36-46(52)48-38-32-41-50(5,40-30-31-43-51)42-33-39-49-47(53)37-29-25-21-17-13-9-7-11-15-19-23-27-35-45(3)4/h44-45,51H,6-43H2,1-5H3,(H-,48,49,52,53)/p+1. The number of unbranched alkanes of at least 4 members (excludes halogenated alkanes) is 23. The third-order valence-corrected chi connectivity index (χ3v) is 11.4. The lowest BCUT2D eigenvalue weighted by Crippen LogP contribution is -2.48. The van der Waals surface area contributed by atoms with Gasteiger partial charge in [-0.2, -0.15) is 0 Å². The van der Waals surface area contributed by atoms with Gasteiger partial charge in [0.1, 0.15) is 0 Å². The van der Waals surface area contributed by atoms with Crippen LogP contribution in [0.1, 0.15) is 233 Å². The molecule has 0 aliphatic heterocycles. The van der Waals surface area contributed by atoms with Crippen LogP contribution in [0.5, 0.6) is 0 Å². The monoisotopic (exact) mass is 751 g/mol. The highest BCUT2D eigenvalue weighted by Crippen LogP contribution is 2.16. The summed E-state index contributed by atoms with van der Waals surface area (Å²) in [6, 6.07) is 0. The maximum Gasteiger partial charge on any atom is 0.219 e. The molecule has 0 unspecified atom stereocenters. The van der Waals surface area contributed by atoms with E-state index in [2.05, 4.69) is 45.4 Å². The molecule has 0 fully saturated rings. The van der Waals surface area contributed by atoms with E-state index in [1.807, 2.05) is 0 Å². The lowest BCUT2D eigenvalue weighted by Gasteiger charge is -2.35. The highest BCUT2D eigenvalue weighted by molar-refractivity contribution is 5.76. The Kier molecular flexibility index (Phi) is 38.3. The Morgan fingerprint density at radius 1 is 0.415 bits per heavy atom. The summed E-state index contributed by atoms with van der Waals surface area (Å²) in [5, 5.41) is 15.6. The highest BCUT2D eigenvalue weighted by atomic mass is 16.3. The number of aliphatic hydroxyl groups excluding tert-OH is 1. The van der Waals surface area contributed by atoms with E-state index in [9.17, 15) is 14.7 Å². The molecule has 0 bridgehead atoms. The average Bonchev–Trinajstić information content (AvgIpc) is 3.12. The van der Waals surface area contributed by atoms with E-state index in [1.165, 1.54) is 154 Å². The summed E-state index contributed by atoms with van der Waals surface area (Å²) in [4.78, 5) is 24.9. The van der Waals surface area contributed by atoms with Gasteiger partial charge in [0.15, 0.2) is 0 Å². The maximum atomic E-state index is 12.4. The van der Waals surface area contributed by atoms with Crippen molar-refractivity contribution in [1.29, 1.82) is 0 Å². The van der Waals surface area contributed by atoms with E-state index >= 15 is 0 Å². The van der Waals surface area contributed by atoms with Gasteiger partial charge in [-0.05, 0) is 37.5 Å². The Morgan fingerprint density at radius 2 is 0.698 bits per heavy atom. The SMILES string of the molecule is CC(C)CCCCCCCCCCCCCCC(=O)NCCC[N+](C)(CCCCO)CCCNC(=O)CCCCCCCCCCCCCCC(C)C. The summed E-state index contributed by atoms with van der Waals surface area (Å²) >= 11 is 0. The van der Waals surface area contributed by atoms with Gasteiger partial charge in [-0.25, -0.2) is 0 Å². The van der Waals surface area contributed by atoms with Crippen LogP contribution in [0.3, 0.4) is 0 Å². The average molecular weight is 751 g/mol. The van der Waals surface area contributed by atoms with Crippen LogP contribution in [0.4, 0.5) is 0 Å². The molecule has 0 aromatic carbocycles. The Balaban J connectivity index is 3.83. The first-order chi connectivity index (χ1) is 25.7. The molecular weight excluding hydrogens is 655 g/mol. The van der Waals surface area contributed by atoms with Gasteiger partial charge in [-0.3, -0.25) is 9.59 Å². The summed E-state index contributed by atoms with van der Waals surface area (Å²) in [5.41, 5.74) is 0. The normalized spacial score (nSPS) is 11.9. The van der Waals surface area contributed by atoms with Gasteiger partial charge in [0, 0.05) is 45.4 Å². The highest BCUT2D eigenvalue weighted by Gasteiger charge is 2.20. The minimum atomic E-state index is 0.198. The first kappa shape index (κ1) is 51.9. The second kappa shape index (κ2) is 39.1. The number of hydrogen-bond acceptors (Lipinski definition) is 3. The molecule has 0 spiro atoms. The number of carbonyl (C=O) groups is 2. The van der Waals surface area contributed by atoms with Gasteiger partial charge >= 0.3 is 0 Å². The van der Waals surface area contributed by atoms with Crippen LogP contribution >= 0.6 is 0 Å². The lowest BCUT2D eigenvalue weighted by atomic mass is 10.0. The van der Waals surface area contributed by atoms with Crippen molar-refractivity contribution in [2.75, 3.05) is 46.4 Å². The molecule has 2 amide bonds. The third-order valence-electron chi connectivity index (χ3n) is 11.4. The Bertz CT molecular complexity index is 731. The number of nitrogens with zero attached hydrogens (tertiary/aromatic N) is 1. The Morgan fingerprint density at radius 3 is 1.00 bits per heavy atom. The molecule has 316 valence electrons. The fraction of sp³-hybridized carbons (Fsp3) is 0.957. The van der Waals surface area contributed by atoms with Crippen molar-refractivity contribution in [3.8, 4) is 0 Å². The number of aliphatic hydroxyl groups is 1. The molecule has 0 aliphatic carbocycles. The van der Waals surface area contributed by atoms with Crippen molar-refractivity contribution in [1.82, 2.24) is 10.6 Å². The molecule has 0 aromatic heterocycles. The molecule has 0 heterocycles. The number of carbonyl (C=O) groups excluding carboxylic acids is 2. The van der Waals surface area contributed by atoms with E-state index in [1.54, 1.807) is 0 Å². The molecule has 6 nitrogen and oxygen atoms in total.